The van der Waals surface area contributed by atoms with Gasteiger partial charge in [-0.3, -0.25) is 4.90 Å². The summed E-state index contributed by atoms with van der Waals surface area (Å²) in [6, 6.07) is 8.42. The number of aliphatic hydroxyl groups is 1. The second kappa shape index (κ2) is 6.92. The Morgan fingerprint density at radius 1 is 1.32 bits per heavy atom. The molecule has 0 amide bonds. The molecule has 19 heavy (non-hydrogen) atoms. The number of benzene rings is 1. The summed E-state index contributed by atoms with van der Waals surface area (Å²) >= 11 is 0. The van der Waals surface area contributed by atoms with E-state index in [0.717, 1.165) is 12.3 Å². The molecule has 1 saturated carbocycles. The molecule has 1 aliphatic rings. The predicted octanol–water partition coefficient (Wildman–Crippen LogP) is 2.82. The van der Waals surface area contributed by atoms with Crippen LogP contribution in [-0.2, 0) is 6.54 Å². The van der Waals surface area contributed by atoms with E-state index < -0.39 is 0 Å². The lowest BCUT2D eigenvalue weighted by atomic mass is 10.1. The van der Waals surface area contributed by atoms with Gasteiger partial charge < -0.3 is 9.84 Å². The van der Waals surface area contributed by atoms with Crippen LogP contribution < -0.4 is 4.74 Å². The zero-order chi connectivity index (χ0) is 13.7. The van der Waals surface area contributed by atoms with Crippen LogP contribution in [0.3, 0.4) is 0 Å². The van der Waals surface area contributed by atoms with Gasteiger partial charge in [-0.15, -0.1) is 0 Å². The van der Waals surface area contributed by atoms with Gasteiger partial charge in [0.25, 0.3) is 0 Å². The van der Waals surface area contributed by atoms with Crippen molar-refractivity contribution in [1.29, 1.82) is 0 Å². The molecule has 0 saturated heterocycles. The van der Waals surface area contributed by atoms with Gasteiger partial charge in [0, 0.05) is 18.2 Å². The standard InChI is InChI=1S/C16H25NO2/c1-13(12-18)17(2)11-14-7-3-6-10-16(14)19-15-8-4-5-9-15/h3,6-7,10,13,15,18H,4-5,8-9,11-12H2,1-2H3/t13-/m1/s1. The maximum Gasteiger partial charge on any atom is 0.124 e. The Hall–Kier alpha value is -1.06. The van der Waals surface area contributed by atoms with Crippen molar-refractivity contribution < 1.29 is 9.84 Å². The third-order valence-electron chi connectivity index (χ3n) is 4.00. The van der Waals surface area contributed by atoms with Crippen molar-refractivity contribution in [2.75, 3.05) is 13.7 Å². The van der Waals surface area contributed by atoms with Crippen molar-refractivity contribution in [2.24, 2.45) is 0 Å². The number of ether oxygens (including phenoxy) is 1. The number of aliphatic hydroxyl groups excluding tert-OH is 1. The summed E-state index contributed by atoms with van der Waals surface area (Å²) in [5, 5.41) is 9.21. The van der Waals surface area contributed by atoms with Crippen LogP contribution >= 0.6 is 0 Å². The summed E-state index contributed by atoms with van der Waals surface area (Å²) in [4.78, 5) is 2.15. The summed E-state index contributed by atoms with van der Waals surface area (Å²) in [5.41, 5.74) is 1.21. The van der Waals surface area contributed by atoms with Gasteiger partial charge in [0.2, 0.25) is 0 Å². The molecular weight excluding hydrogens is 238 g/mol. The predicted molar refractivity (Wildman–Crippen MR) is 77.3 cm³/mol. The first kappa shape index (κ1) is 14.4. The molecule has 0 aromatic heterocycles. The van der Waals surface area contributed by atoms with E-state index in [1.165, 1.54) is 31.2 Å². The van der Waals surface area contributed by atoms with Gasteiger partial charge in [0.15, 0.2) is 0 Å². The fourth-order valence-electron chi connectivity index (χ4n) is 2.50. The highest BCUT2D eigenvalue weighted by atomic mass is 16.5. The Morgan fingerprint density at radius 2 is 2.00 bits per heavy atom. The molecule has 0 spiro atoms. The maximum absolute atomic E-state index is 9.21. The van der Waals surface area contributed by atoms with E-state index in [1.807, 2.05) is 26.1 Å². The Kier molecular flexibility index (Phi) is 5.23. The Balaban J connectivity index is 2.02. The van der Waals surface area contributed by atoms with Crippen LogP contribution in [0.4, 0.5) is 0 Å². The molecule has 2 rings (SSSR count). The summed E-state index contributed by atoms with van der Waals surface area (Å²) in [5.74, 6) is 1.01. The lowest BCUT2D eigenvalue weighted by molar-refractivity contribution is 0.150. The van der Waals surface area contributed by atoms with Gasteiger partial charge in [0.1, 0.15) is 5.75 Å². The van der Waals surface area contributed by atoms with Gasteiger partial charge in [-0.2, -0.15) is 0 Å². The van der Waals surface area contributed by atoms with E-state index >= 15 is 0 Å². The first-order chi connectivity index (χ1) is 9.20. The lowest BCUT2D eigenvalue weighted by Crippen LogP contribution is -2.31. The van der Waals surface area contributed by atoms with E-state index in [4.69, 9.17) is 4.74 Å². The van der Waals surface area contributed by atoms with E-state index in [-0.39, 0.29) is 12.6 Å². The molecule has 106 valence electrons. The van der Waals surface area contributed by atoms with E-state index in [0.29, 0.717) is 6.10 Å². The summed E-state index contributed by atoms with van der Waals surface area (Å²) < 4.78 is 6.13. The van der Waals surface area contributed by atoms with E-state index in [9.17, 15) is 5.11 Å². The molecule has 1 N–H and O–H groups in total. The van der Waals surface area contributed by atoms with Crippen LogP contribution in [-0.4, -0.2) is 35.8 Å². The van der Waals surface area contributed by atoms with E-state index in [1.54, 1.807) is 0 Å². The number of likely N-dealkylation sites (N-methyl/N-ethyl adjacent to an activating group) is 1. The Morgan fingerprint density at radius 3 is 2.68 bits per heavy atom. The fraction of sp³-hybridized carbons (Fsp3) is 0.625. The highest BCUT2D eigenvalue weighted by Gasteiger charge is 2.18. The lowest BCUT2D eigenvalue weighted by Gasteiger charge is -2.24. The molecule has 0 bridgehead atoms. The third-order valence-corrected chi connectivity index (χ3v) is 4.00. The first-order valence-electron chi connectivity index (χ1n) is 7.26. The van der Waals surface area contributed by atoms with Crippen molar-refractivity contribution in [2.45, 2.75) is 51.3 Å². The van der Waals surface area contributed by atoms with Crippen LogP contribution in [0.2, 0.25) is 0 Å². The van der Waals surface area contributed by atoms with Crippen LogP contribution in [0, 0.1) is 0 Å². The smallest absolute Gasteiger partial charge is 0.124 e. The van der Waals surface area contributed by atoms with Gasteiger partial charge in [0.05, 0.1) is 12.7 Å². The molecule has 0 aliphatic heterocycles. The van der Waals surface area contributed by atoms with Crippen molar-refractivity contribution in [1.82, 2.24) is 4.90 Å². The number of rotatable bonds is 6. The van der Waals surface area contributed by atoms with Crippen LogP contribution in [0.1, 0.15) is 38.2 Å². The monoisotopic (exact) mass is 263 g/mol. The minimum atomic E-state index is 0.166. The van der Waals surface area contributed by atoms with Gasteiger partial charge in [-0.05, 0) is 45.7 Å². The summed E-state index contributed by atoms with van der Waals surface area (Å²) in [6.45, 7) is 3.02. The van der Waals surface area contributed by atoms with Crippen molar-refractivity contribution in [3.05, 3.63) is 29.8 Å². The molecule has 1 aromatic rings. The fourth-order valence-corrected chi connectivity index (χ4v) is 2.50. The minimum absolute atomic E-state index is 0.166. The molecule has 0 radical (unpaired) electrons. The summed E-state index contributed by atoms with van der Waals surface area (Å²) in [6.07, 6.45) is 5.32. The maximum atomic E-state index is 9.21. The highest BCUT2D eigenvalue weighted by Crippen LogP contribution is 2.27. The molecule has 0 unspecified atom stereocenters. The second-order valence-corrected chi connectivity index (χ2v) is 5.58. The van der Waals surface area contributed by atoms with Gasteiger partial charge in [-0.1, -0.05) is 18.2 Å². The van der Waals surface area contributed by atoms with Crippen molar-refractivity contribution in [3.8, 4) is 5.75 Å². The molecule has 3 heteroatoms. The molecule has 1 atom stereocenters. The largest absolute Gasteiger partial charge is 0.490 e. The average Bonchev–Trinajstić information content (AvgIpc) is 2.93. The van der Waals surface area contributed by atoms with Crippen LogP contribution in [0.25, 0.3) is 0 Å². The van der Waals surface area contributed by atoms with Crippen LogP contribution in [0.5, 0.6) is 5.75 Å². The molecule has 3 nitrogen and oxygen atoms in total. The zero-order valence-electron chi connectivity index (χ0n) is 12.0. The van der Waals surface area contributed by atoms with Crippen molar-refractivity contribution >= 4 is 0 Å². The molecular formula is C16H25NO2. The van der Waals surface area contributed by atoms with Gasteiger partial charge in [-0.25, -0.2) is 0 Å². The number of hydrogen-bond donors (Lipinski definition) is 1. The average molecular weight is 263 g/mol. The topological polar surface area (TPSA) is 32.7 Å². The van der Waals surface area contributed by atoms with Gasteiger partial charge >= 0.3 is 0 Å². The van der Waals surface area contributed by atoms with Crippen molar-refractivity contribution in [3.63, 3.8) is 0 Å². The first-order valence-corrected chi connectivity index (χ1v) is 7.26. The number of para-hydroxylation sites is 1. The minimum Gasteiger partial charge on any atom is -0.490 e. The molecule has 0 heterocycles. The zero-order valence-corrected chi connectivity index (χ0v) is 12.0. The summed E-state index contributed by atoms with van der Waals surface area (Å²) in [7, 11) is 2.03. The molecule has 1 aliphatic carbocycles. The highest BCUT2D eigenvalue weighted by molar-refractivity contribution is 5.33. The molecule has 1 aromatic carbocycles. The Bertz CT molecular complexity index is 388. The number of nitrogens with zero attached hydrogens (tertiary/aromatic N) is 1. The van der Waals surface area contributed by atoms with Crippen LogP contribution in [0.15, 0.2) is 24.3 Å². The van der Waals surface area contributed by atoms with E-state index in [2.05, 4.69) is 17.0 Å². The normalized spacial score (nSPS) is 17.9. The molecule has 1 fully saturated rings. The number of hydrogen-bond acceptors (Lipinski definition) is 3. The quantitative estimate of drug-likeness (QED) is 0.856. The third kappa shape index (κ3) is 3.95. The second-order valence-electron chi connectivity index (χ2n) is 5.58. The Labute approximate surface area is 116 Å². The SMILES string of the molecule is C[C@H](CO)N(C)Cc1ccccc1OC1CCCC1.